The predicted molar refractivity (Wildman–Crippen MR) is 394 cm³/mol. The summed E-state index contributed by atoms with van der Waals surface area (Å²) in [4.78, 5) is 0. The van der Waals surface area contributed by atoms with Crippen LogP contribution in [0.25, 0.3) is 0 Å². The minimum absolute atomic E-state index is 0.147. The molecule has 0 fully saturated rings. The quantitative estimate of drug-likeness (QED) is 0.0602. The molecule has 1 heteroatoms. The Balaban J connectivity index is 4.34. The van der Waals surface area contributed by atoms with Gasteiger partial charge in [-0.15, -0.1) is 0 Å². The van der Waals surface area contributed by atoms with E-state index in [4.69, 9.17) is 5.11 Å². The van der Waals surface area contributed by atoms with Gasteiger partial charge in [0.05, 0.1) is 6.61 Å². The van der Waals surface area contributed by atoms with Crippen molar-refractivity contribution in [2.45, 2.75) is 330 Å². The summed E-state index contributed by atoms with van der Waals surface area (Å²) in [6.45, 7) is 41.2. The summed E-state index contributed by atoms with van der Waals surface area (Å²) in [5.74, 6) is 0. The van der Waals surface area contributed by atoms with E-state index in [1.807, 2.05) is 6.08 Å². The number of hydrogen-bond acceptors (Lipinski definition) is 1. The van der Waals surface area contributed by atoms with Crippen LogP contribution in [0.5, 0.6) is 0 Å². The van der Waals surface area contributed by atoms with E-state index >= 15 is 0 Å². The second-order valence-corrected chi connectivity index (χ2v) is 26.9. The lowest BCUT2D eigenvalue weighted by atomic mass is 10.0. The van der Waals surface area contributed by atoms with Crippen LogP contribution in [0, 0.1) is 0 Å². The van der Waals surface area contributed by atoms with Gasteiger partial charge in [-0.2, -0.15) is 0 Å². The number of aliphatic hydroxyl groups excluding tert-OH is 1. The highest BCUT2D eigenvalue weighted by atomic mass is 16.2. The Hall–Kier alpha value is -4.46. The Morgan fingerprint density at radius 2 is 0.244 bits per heavy atom. The van der Waals surface area contributed by atoms with E-state index in [1.54, 1.807) is 0 Å². The third kappa shape index (κ3) is 54.9. The molecule has 0 saturated carbocycles. The van der Waals surface area contributed by atoms with E-state index in [0.717, 1.165) is 116 Å². The van der Waals surface area contributed by atoms with E-state index in [0.29, 0.717) is 0 Å². The molecule has 0 amide bonds. The van der Waals surface area contributed by atoms with Crippen molar-refractivity contribution in [3.05, 3.63) is 198 Å². The summed E-state index contributed by atoms with van der Waals surface area (Å²) >= 11 is 0. The number of allylic oxidation sites excluding steroid dienone is 33. The van der Waals surface area contributed by atoms with Crippen molar-refractivity contribution >= 4 is 0 Å². The van der Waals surface area contributed by atoms with E-state index in [1.165, 1.54) is 185 Å². The van der Waals surface area contributed by atoms with Crippen LogP contribution in [0.15, 0.2) is 198 Å². The van der Waals surface area contributed by atoms with Gasteiger partial charge in [0, 0.05) is 0 Å². The van der Waals surface area contributed by atoms with Crippen molar-refractivity contribution in [2.24, 2.45) is 0 Å². The van der Waals surface area contributed by atoms with Crippen LogP contribution in [0.1, 0.15) is 330 Å². The molecule has 0 atom stereocenters. The van der Waals surface area contributed by atoms with Crippen molar-refractivity contribution in [3.8, 4) is 0 Å². The average Bonchev–Trinajstić information content (AvgIpc) is 3.43. The molecule has 484 valence electrons. The van der Waals surface area contributed by atoms with E-state index < -0.39 is 0 Å². The standard InChI is InChI=1S/C85H138O/c1-69(2)35-19-36-70(3)37-20-38-71(4)39-21-40-72(5)41-22-42-73(6)43-23-44-74(7)45-24-46-75(8)47-25-48-76(9)49-26-50-77(10)51-27-52-78(11)53-28-54-79(12)55-29-56-80(13)57-30-58-81(14)59-31-60-82(15)61-32-62-83(16)63-33-64-84(17)65-34-66-85(18)67-68-86/h35,37,39,41,43,45,47,49,51,53,55,57,59,61,63,65,67,86H,19-34,36,38,40,42,44,46,48,50,52,54,56,58,60,62,64,66,68H2,1-18H3/b70-37+,71-39+,72-41+,73-43+,74-45+,75-47+,76-49+,77-51+,78-53+,79-55+,80-57+,81-59+,82-61+,83-63+,84-65+,85-67+. The summed E-state index contributed by atoms with van der Waals surface area (Å²) in [6, 6.07) is 0. The fourth-order valence-corrected chi connectivity index (χ4v) is 10.6. The third-order valence-corrected chi connectivity index (χ3v) is 17.0. The Bertz CT molecular complexity index is 2400. The summed E-state index contributed by atoms with van der Waals surface area (Å²) in [7, 11) is 0. The minimum atomic E-state index is 0.147. The minimum Gasteiger partial charge on any atom is -0.392 e. The maximum Gasteiger partial charge on any atom is 0.0614 e. The number of rotatable bonds is 49. The predicted octanol–water partition coefficient (Wildman–Crippen LogP) is 28.6. The van der Waals surface area contributed by atoms with Gasteiger partial charge in [0.2, 0.25) is 0 Å². The maximum atomic E-state index is 9.03. The van der Waals surface area contributed by atoms with Gasteiger partial charge in [-0.25, -0.2) is 0 Å². The van der Waals surface area contributed by atoms with Gasteiger partial charge in [0.1, 0.15) is 0 Å². The van der Waals surface area contributed by atoms with E-state index in [-0.39, 0.29) is 6.61 Å². The number of hydrogen-bond donors (Lipinski definition) is 1. The molecule has 0 aromatic heterocycles. The van der Waals surface area contributed by atoms with Gasteiger partial charge in [-0.1, -0.05) is 198 Å². The van der Waals surface area contributed by atoms with Crippen molar-refractivity contribution in [1.82, 2.24) is 0 Å². The second-order valence-electron chi connectivity index (χ2n) is 26.9. The maximum absolute atomic E-state index is 9.03. The first-order valence-electron chi connectivity index (χ1n) is 34.8. The monoisotopic (exact) mass is 1180 g/mol. The molecule has 0 aliphatic heterocycles. The summed E-state index contributed by atoms with van der Waals surface area (Å²) < 4.78 is 0. The van der Waals surface area contributed by atoms with Crippen LogP contribution < -0.4 is 0 Å². The van der Waals surface area contributed by atoms with Crippen LogP contribution in [0.3, 0.4) is 0 Å². The first kappa shape index (κ1) is 81.5. The molecule has 0 aliphatic rings. The molecule has 0 spiro atoms. The Kier molecular flexibility index (Phi) is 51.8. The summed E-state index contributed by atoms with van der Waals surface area (Å²) in [5.41, 5.74) is 25.5. The second kappa shape index (κ2) is 54.7. The first-order chi connectivity index (χ1) is 41.1. The molecular formula is C85H138O. The molecule has 0 radical (unpaired) electrons. The average molecular weight is 1180 g/mol. The van der Waals surface area contributed by atoms with Crippen LogP contribution >= 0.6 is 0 Å². The molecule has 86 heavy (non-hydrogen) atoms. The molecule has 1 nitrogen and oxygen atoms in total. The van der Waals surface area contributed by atoms with Crippen LogP contribution in [0.4, 0.5) is 0 Å². The zero-order valence-corrected chi connectivity index (χ0v) is 60.1. The SMILES string of the molecule is CC(C)=CCC/C(C)=C/CC/C(C)=C/CC/C(C)=C/CC/C(C)=C/CC/C(C)=C/CC/C(C)=C/CC/C(C)=C/CC/C(C)=C/CC/C(C)=C/CC/C(C)=C/CC/C(C)=C/CC/C(C)=C/CC/C(C)=C/CC/C(C)=C/CC/C(C)=C/CC/C(C)=C/CO. The molecule has 0 aromatic carbocycles. The fourth-order valence-electron chi connectivity index (χ4n) is 10.6. The van der Waals surface area contributed by atoms with E-state index in [9.17, 15) is 0 Å². The molecular weight excluding hydrogens is 1040 g/mol. The molecule has 0 saturated heterocycles. The Morgan fingerprint density at radius 3 is 0.337 bits per heavy atom. The van der Waals surface area contributed by atoms with Gasteiger partial charge in [-0.05, 0) is 330 Å². The largest absolute Gasteiger partial charge is 0.392 e. The third-order valence-electron chi connectivity index (χ3n) is 17.0. The zero-order valence-electron chi connectivity index (χ0n) is 60.1. The van der Waals surface area contributed by atoms with Crippen LogP contribution in [-0.4, -0.2) is 11.7 Å². The van der Waals surface area contributed by atoms with Crippen LogP contribution in [-0.2, 0) is 0 Å². The first-order valence-corrected chi connectivity index (χ1v) is 34.8. The molecule has 1 N–H and O–H groups in total. The van der Waals surface area contributed by atoms with Crippen molar-refractivity contribution < 1.29 is 5.11 Å². The van der Waals surface area contributed by atoms with Crippen LogP contribution in [0.2, 0.25) is 0 Å². The smallest absolute Gasteiger partial charge is 0.0614 e. The lowest BCUT2D eigenvalue weighted by Crippen LogP contribution is -1.84. The highest BCUT2D eigenvalue weighted by Crippen LogP contribution is 2.21. The van der Waals surface area contributed by atoms with Gasteiger partial charge in [-0.3, -0.25) is 0 Å². The highest BCUT2D eigenvalue weighted by molar-refractivity contribution is 5.14. The molecule has 0 rings (SSSR count). The normalized spacial score (nSPS) is 15.2. The van der Waals surface area contributed by atoms with Crippen molar-refractivity contribution in [2.75, 3.05) is 6.61 Å². The van der Waals surface area contributed by atoms with Crippen molar-refractivity contribution in [1.29, 1.82) is 0 Å². The van der Waals surface area contributed by atoms with Gasteiger partial charge < -0.3 is 5.11 Å². The number of aliphatic hydroxyl groups is 1. The molecule has 0 aliphatic carbocycles. The lowest BCUT2D eigenvalue weighted by molar-refractivity contribution is 0.341. The van der Waals surface area contributed by atoms with E-state index in [2.05, 4.69) is 222 Å². The van der Waals surface area contributed by atoms with Gasteiger partial charge in [0.25, 0.3) is 0 Å². The molecule has 0 unspecified atom stereocenters. The summed E-state index contributed by atoms with van der Waals surface area (Å²) in [5, 5.41) is 9.03. The van der Waals surface area contributed by atoms with Crippen molar-refractivity contribution in [3.63, 3.8) is 0 Å². The highest BCUT2D eigenvalue weighted by Gasteiger charge is 2.01. The summed E-state index contributed by atoms with van der Waals surface area (Å²) in [6.07, 6.45) is 78.1. The lowest BCUT2D eigenvalue weighted by Gasteiger charge is -2.04. The zero-order chi connectivity index (χ0) is 64.2. The molecule has 0 aromatic rings. The van der Waals surface area contributed by atoms with Gasteiger partial charge in [0.15, 0.2) is 0 Å². The Labute approximate surface area is 536 Å². The molecule has 0 bridgehead atoms. The van der Waals surface area contributed by atoms with Gasteiger partial charge >= 0.3 is 0 Å². The Morgan fingerprint density at radius 1 is 0.151 bits per heavy atom. The topological polar surface area (TPSA) is 20.2 Å². The molecule has 0 heterocycles. The fraction of sp³-hybridized carbons (Fsp3) is 0.600.